The predicted octanol–water partition coefficient (Wildman–Crippen LogP) is 2.02. The molecule has 1 N–H and O–H groups in total. The molecule has 0 radical (unpaired) electrons. The molecule has 2 rings (SSSR count). The average molecular weight is 253 g/mol. The molecule has 1 fully saturated rings. The summed E-state index contributed by atoms with van der Waals surface area (Å²) in [6.45, 7) is 1.56. The zero-order valence-electron chi connectivity index (χ0n) is 9.72. The van der Waals surface area contributed by atoms with Crippen molar-refractivity contribution < 1.29 is 23.8 Å². The maximum Gasteiger partial charge on any atom is 0.415 e. The van der Waals surface area contributed by atoms with E-state index in [4.69, 9.17) is 9.84 Å². The number of cyclic esters (lactones) is 1. The van der Waals surface area contributed by atoms with Crippen LogP contribution in [0.25, 0.3) is 0 Å². The van der Waals surface area contributed by atoms with E-state index in [-0.39, 0.29) is 13.0 Å². The fraction of sp³-hybridized carbons (Fsp3) is 0.333. The maximum absolute atomic E-state index is 13.2. The van der Waals surface area contributed by atoms with Gasteiger partial charge in [0.1, 0.15) is 12.4 Å². The number of carboxylic acids is 1. The van der Waals surface area contributed by atoms with Crippen molar-refractivity contribution in [2.45, 2.75) is 18.9 Å². The van der Waals surface area contributed by atoms with Gasteiger partial charge in [-0.05, 0) is 25.1 Å². The van der Waals surface area contributed by atoms with Crippen LogP contribution in [0.4, 0.5) is 14.9 Å². The topological polar surface area (TPSA) is 66.8 Å². The fourth-order valence-corrected chi connectivity index (χ4v) is 2.05. The standard InChI is InChI=1S/C12H12FNO4/c1-12(6-10(15)16)7-18-11(17)14(12)9-4-2-3-8(13)5-9/h2-5H,6-7H2,1H3,(H,15,16). The Bertz CT molecular complexity index is 505. The molecule has 96 valence electrons. The third kappa shape index (κ3) is 2.13. The summed E-state index contributed by atoms with van der Waals surface area (Å²) in [5.74, 6) is -1.54. The minimum Gasteiger partial charge on any atom is -0.481 e. The van der Waals surface area contributed by atoms with Crippen LogP contribution < -0.4 is 4.90 Å². The van der Waals surface area contributed by atoms with Crippen molar-refractivity contribution in [1.82, 2.24) is 0 Å². The molecule has 18 heavy (non-hydrogen) atoms. The SMILES string of the molecule is CC1(CC(=O)O)COC(=O)N1c1cccc(F)c1. The van der Waals surface area contributed by atoms with E-state index in [0.29, 0.717) is 5.69 Å². The monoisotopic (exact) mass is 253 g/mol. The Morgan fingerprint density at radius 3 is 2.94 bits per heavy atom. The second-order valence-electron chi connectivity index (χ2n) is 4.44. The van der Waals surface area contributed by atoms with Crippen molar-refractivity contribution in [3.63, 3.8) is 0 Å². The summed E-state index contributed by atoms with van der Waals surface area (Å²) < 4.78 is 18.0. The zero-order chi connectivity index (χ0) is 13.3. The number of hydrogen-bond donors (Lipinski definition) is 1. The predicted molar refractivity (Wildman–Crippen MR) is 60.9 cm³/mol. The lowest BCUT2D eigenvalue weighted by Gasteiger charge is -2.30. The van der Waals surface area contributed by atoms with E-state index in [9.17, 15) is 14.0 Å². The summed E-state index contributed by atoms with van der Waals surface area (Å²) in [5.41, 5.74) is -0.710. The molecule has 1 aliphatic rings. The van der Waals surface area contributed by atoms with Gasteiger partial charge in [-0.15, -0.1) is 0 Å². The number of carbonyl (C=O) groups is 2. The number of nitrogens with zero attached hydrogens (tertiary/aromatic N) is 1. The maximum atomic E-state index is 13.2. The molecule has 1 amide bonds. The first-order chi connectivity index (χ1) is 8.42. The van der Waals surface area contributed by atoms with Gasteiger partial charge in [-0.25, -0.2) is 9.18 Å². The van der Waals surface area contributed by atoms with E-state index in [0.717, 1.165) is 0 Å². The van der Waals surface area contributed by atoms with Crippen LogP contribution in [0.5, 0.6) is 0 Å². The number of carbonyl (C=O) groups excluding carboxylic acids is 1. The molecule has 0 aromatic heterocycles. The minimum absolute atomic E-state index is 0.0331. The van der Waals surface area contributed by atoms with Crippen molar-refractivity contribution in [2.75, 3.05) is 11.5 Å². The van der Waals surface area contributed by atoms with Gasteiger partial charge in [-0.3, -0.25) is 9.69 Å². The molecule has 1 heterocycles. The van der Waals surface area contributed by atoms with E-state index >= 15 is 0 Å². The highest BCUT2D eigenvalue weighted by molar-refractivity contribution is 5.92. The third-order valence-electron chi connectivity index (χ3n) is 2.83. The van der Waals surface area contributed by atoms with Crippen molar-refractivity contribution in [3.05, 3.63) is 30.1 Å². The first kappa shape index (κ1) is 12.3. The van der Waals surface area contributed by atoms with Gasteiger partial charge in [0.15, 0.2) is 0 Å². The molecular formula is C12H12FNO4. The Balaban J connectivity index is 2.39. The lowest BCUT2D eigenvalue weighted by atomic mass is 9.97. The molecule has 1 aromatic rings. The van der Waals surface area contributed by atoms with E-state index < -0.39 is 23.4 Å². The van der Waals surface area contributed by atoms with Crippen LogP contribution in [0.15, 0.2) is 24.3 Å². The second kappa shape index (κ2) is 4.29. The van der Waals surface area contributed by atoms with Crippen LogP contribution in [-0.2, 0) is 9.53 Å². The highest BCUT2D eigenvalue weighted by atomic mass is 19.1. The van der Waals surface area contributed by atoms with Crippen LogP contribution >= 0.6 is 0 Å². The number of halogens is 1. The van der Waals surface area contributed by atoms with Crippen molar-refractivity contribution in [3.8, 4) is 0 Å². The molecule has 0 spiro atoms. The summed E-state index contributed by atoms with van der Waals surface area (Å²) in [6, 6.07) is 5.42. The van der Waals surface area contributed by atoms with Crippen LogP contribution in [0.2, 0.25) is 0 Å². The lowest BCUT2D eigenvalue weighted by molar-refractivity contribution is -0.138. The molecule has 0 aliphatic carbocycles. The molecular weight excluding hydrogens is 241 g/mol. The van der Waals surface area contributed by atoms with E-state index in [1.54, 1.807) is 6.92 Å². The molecule has 1 atom stereocenters. The number of rotatable bonds is 3. The normalized spacial score (nSPS) is 23.0. The van der Waals surface area contributed by atoms with Gasteiger partial charge in [-0.1, -0.05) is 6.07 Å². The number of carboxylic acid groups (broad SMARTS) is 1. The van der Waals surface area contributed by atoms with Crippen LogP contribution in [-0.4, -0.2) is 29.3 Å². The Kier molecular flexibility index (Phi) is 2.94. The minimum atomic E-state index is -1.04. The van der Waals surface area contributed by atoms with E-state index in [1.807, 2.05) is 0 Å². The van der Waals surface area contributed by atoms with Gasteiger partial charge in [0.05, 0.1) is 17.6 Å². The molecule has 6 heteroatoms. The summed E-state index contributed by atoms with van der Waals surface area (Å²) >= 11 is 0. The van der Waals surface area contributed by atoms with Gasteiger partial charge in [0, 0.05) is 0 Å². The fourth-order valence-electron chi connectivity index (χ4n) is 2.05. The van der Waals surface area contributed by atoms with Crippen molar-refractivity contribution in [2.24, 2.45) is 0 Å². The van der Waals surface area contributed by atoms with Crippen LogP contribution in [0.1, 0.15) is 13.3 Å². The summed E-state index contributed by atoms with van der Waals surface area (Å²) in [6.07, 6.45) is -0.931. The molecule has 1 unspecified atom stereocenters. The highest BCUT2D eigenvalue weighted by Gasteiger charge is 2.46. The van der Waals surface area contributed by atoms with E-state index in [1.165, 1.54) is 29.2 Å². The molecule has 1 aromatic carbocycles. The molecule has 1 saturated heterocycles. The van der Waals surface area contributed by atoms with E-state index in [2.05, 4.69) is 0 Å². The molecule has 0 bridgehead atoms. The van der Waals surface area contributed by atoms with Gasteiger partial charge in [0.2, 0.25) is 0 Å². The van der Waals surface area contributed by atoms with Gasteiger partial charge in [0.25, 0.3) is 0 Å². The largest absolute Gasteiger partial charge is 0.481 e. The smallest absolute Gasteiger partial charge is 0.415 e. The summed E-state index contributed by atoms with van der Waals surface area (Å²) in [5, 5.41) is 8.88. The average Bonchev–Trinajstić information content (AvgIpc) is 2.53. The number of hydrogen-bond acceptors (Lipinski definition) is 3. The van der Waals surface area contributed by atoms with Crippen LogP contribution in [0, 0.1) is 5.82 Å². The van der Waals surface area contributed by atoms with Gasteiger partial charge >= 0.3 is 12.1 Å². The van der Waals surface area contributed by atoms with Crippen molar-refractivity contribution >= 4 is 17.7 Å². The quantitative estimate of drug-likeness (QED) is 0.894. The highest BCUT2D eigenvalue weighted by Crippen LogP contribution is 2.33. The zero-order valence-corrected chi connectivity index (χ0v) is 9.72. The van der Waals surface area contributed by atoms with Gasteiger partial charge in [-0.2, -0.15) is 0 Å². The first-order valence-corrected chi connectivity index (χ1v) is 5.37. The third-order valence-corrected chi connectivity index (χ3v) is 2.83. The van der Waals surface area contributed by atoms with Crippen molar-refractivity contribution in [1.29, 1.82) is 0 Å². The van der Waals surface area contributed by atoms with Gasteiger partial charge < -0.3 is 9.84 Å². The number of ether oxygens (including phenoxy) is 1. The Morgan fingerprint density at radius 2 is 2.33 bits per heavy atom. The molecule has 5 nitrogen and oxygen atoms in total. The number of benzene rings is 1. The second-order valence-corrected chi connectivity index (χ2v) is 4.44. The van der Waals surface area contributed by atoms with Crippen LogP contribution in [0.3, 0.4) is 0 Å². The molecule has 0 saturated carbocycles. The number of amides is 1. The number of aliphatic carboxylic acids is 1. The Labute approximate surface area is 103 Å². The summed E-state index contributed by atoms with van der Waals surface area (Å²) in [7, 11) is 0. The Hall–Kier alpha value is -2.11. The summed E-state index contributed by atoms with van der Waals surface area (Å²) in [4.78, 5) is 23.7. The first-order valence-electron chi connectivity index (χ1n) is 5.37. The number of anilines is 1. The Morgan fingerprint density at radius 1 is 1.61 bits per heavy atom. The lowest BCUT2D eigenvalue weighted by Crippen LogP contribution is -2.46. The molecule has 1 aliphatic heterocycles.